The Balaban J connectivity index is 1.55. The number of ketones is 1. The van der Waals surface area contributed by atoms with Gasteiger partial charge in [0.05, 0.1) is 22.1 Å². The van der Waals surface area contributed by atoms with Gasteiger partial charge in [-0.25, -0.2) is 4.79 Å². The molecule has 260 valence electrons. The predicted octanol–water partition coefficient (Wildman–Crippen LogP) is 10.6. The minimum absolute atomic E-state index is 0.0333. The van der Waals surface area contributed by atoms with Gasteiger partial charge in [0, 0.05) is 42.9 Å². The number of carbonyl (C=O) groups excluding carboxylic acids is 1. The summed E-state index contributed by atoms with van der Waals surface area (Å²) in [5.41, 5.74) is 5.12. The first kappa shape index (κ1) is 37.2. The zero-order valence-corrected chi connectivity index (χ0v) is 30.2. The molecule has 1 aliphatic heterocycles. The molecule has 0 saturated carbocycles. The third-order valence-electron chi connectivity index (χ3n) is 10.2. The highest BCUT2D eigenvalue weighted by Gasteiger charge is 2.47. The number of hydrogen-bond donors (Lipinski definition) is 2. The van der Waals surface area contributed by atoms with Gasteiger partial charge in [-0.05, 0) is 62.9 Å². The summed E-state index contributed by atoms with van der Waals surface area (Å²) in [6, 6.07) is 13.4. The summed E-state index contributed by atoms with van der Waals surface area (Å²) in [7, 11) is 0. The number of aliphatic hydroxyl groups is 1. The van der Waals surface area contributed by atoms with Crippen LogP contribution >= 0.6 is 0 Å². The van der Waals surface area contributed by atoms with E-state index in [2.05, 4.69) is 56.2 Å². The number of hydrogen-bond acceptors (Lipinski definition) is 4. The summed E-state index contributed by atoms with van der Waals surface area (Å²) < 4.78 is 2.24. The van der Waals surface area contributed by atoms with Crippen molar-refractivity contribution >= 4 is 34.4 Å². The topological polar surface area (TPSA) is 80.8 Å². The van der Waals surface area contributed by atoms with E-state index in [0.29, 0.717) is 11.1 Å². The van der Waals surface area contributed by atoms with Crippen molar-refractivity contribution in [3.8, 4) is 0 Å². The van der Waals surface area contributed by atoms with E-state index >= 15 is 0 Å². The number of allylic oxidation sites excluding steroid dienone is 3. The molecule has 0 aromatic heterocycles. The van der Waals surface area contributed by atoms with Crippen LogP contribution in [0.5, 0.6) is 0 Å². The highest BCUT2D eigenvalue weighted by Crippen LogP contribution is 2.43. The first-order valence-electron chi connectivity index (χ1n) is 18.7. The molecule has 2 aromatic carbocycles. The van der Waals surface area contributed by atoms with Crippen molar-refractivity contribution in [2.24, 2.45) is 0 Å². The van der Waals surface area contributed by atoms with Crippen LogP contribution in [0.4, 0.5) is 11.4 Å². The fourth-order valence-corrected chi connectivity index (χ4v) is 7.13. The molecule has 0 atom stereocenters. The molecule has 6 heteroatoms. The lowest BCUT2D eigenvalue weighted by Gasteiger charge is -2.26. The molecule has 2 N–H and O–H groups in total. The maximum absolute atomic E-state index is 13.6. The molecule has 48 heavy (non-hydrogen) atoms. The fraction of sp³-hybridized carbons (Fsp3) is 0.548. The summed E-state index contributed by atoms with van der Waals surface area (Å²) in [6.07, 6.45) is 18.9. The number of aliphatic hydroxyl groups excluding tert-OH is 1. The van der Waals surface area contributed by atoms with Crippen molar-refractivity contribution in [2.75, 3.05) is 24.5 Å². The van der Waals surface area contributed by atoms with Gasteiger partial charge in [-0.15, -0.1) is 0 Å². The Bertz CT molecular complexity index is 1500. The van der Waals surface area contributed by atoms with E-state index in [9.17, 15) is 19.8 Å². The maximum atomic E-state index is 13.6. The van der Waals surface area contributed by atoms with Crippen molar-refractivity contribution in [1.29, 1.82) is 0 Å². The summed E-state index contributed by atoms with van der Waals surface area (Å²) in [5.74, 6) is -1.07. The fourth-order valence-electron chi connectivity index (χ4n) is 7.13. The standard InChI is InChI=1S/C42H58N2O4/c1-6-9-12-13-14-15-16-17-18-19-28-44-36-25-22-32(41(47)48)29-35(36)42(4,5)37(44)30-34-39(45)38(40(34)46)31-20-23-33(24-21-31)43(26-10-7-2)27-11-8-3/h20-25,29-30H,6-19,26-28H2,1-5H3,(H-,45,46,47,48)/p+1. The molecule has 0 fully saturated rings. The van der Waals surface area contributed by atoms with E-state index in [1.54, 1.807) is 12.1 Å². The van der Waals surface area contributed by atoms with E-state index in [0.717, 1.165) is 86.4 Å². The molecular formula is C42H59N2O4+. The van der Waals surface area contributed by atoms with Crippen molar-refractivity contribution in [1.82, 2.24) is 0 Å². The zero-order valence-electron chi connectivity index (χ0n) is 30.2. The number of rotatable bonds is 21. The number of nitrogens with zero attached hydrogens (tertiary/aromatic N) is 2. The van der Waals surface area contributed by atoms with Crippen LogP contribution in [0.15, 0.2) is 59.9 Å². The molecule has 0 saturated heterocycles. The van der Waals surface area contributed by atoms with Crippen LogP contribution in [-0.2, 0) is 10.2 Å². The number of carbonyl (C=O) groups is 2. The van der Waals surface area contributed by atoms with Gasteiger partial charge in [-0.1, -0.05) is 97.1 Å². The number of carboxylic acids is 1. The van der Waals surface area contributed by atoms with E-state index < -0.39 is 11.4 Å². The molecule has 1 heterocycles. The number of anilines is 1. The van der Waals surface area contributed by atoms with Crippen molar-refractivity contribution in [2.45, 2.75) is 130 Å². The smallest absolute Gasteiger partial charge is 0.335 e. The highest BCUT2D eigenvalue weighted by molar-refractivity contribution is 6.40. The Hall–Kier alpha value is -3.67. The quantitative estimate of drug-likeness (QED) is 0.0795. The minimum atomic E-state index is -0.953. The molecule has 4 rings (SSSR count). The van der Waals surface area contributed by atoms with Gasteiger partial charge in [0.2, 0.25) is 11.5 Å². The third-order valence-corrected chi connectivity index (χ3v) is 10.2. The predicted molar refractivity (Wildman–Crippen MR) is 199 cm³/mol. The lowest BCUT2D eigenvalue weighted by molar-refractivity contribution is -0.438. The zero-order chi connectivity index (χ0) is 34.7. The lowest BCUT2D eigenvalue weighted by atomic mass is 9.77. The van der Waals surface area contributed by atoms with Gasteiger partial charge in [-0.3, -0.25) is 4.79 Å². The van der Waals surface area contributed by atoms with E-state index in [1.165, 1.54) is 51.4 Å². The first-order valence-corrected chi connectivity index (χ1v) is 18.7. The Labute approximate surface area is 289 Å². The summed E-state index contributed by atoms with van der Waals surface area (Å²) >= 11 is 0. The average Bonchev–Trinajstić information content (AvgIpc) is 3.29. The van der Waals surface area contributed by atoms with Gasteiger partial charge in [0.1, 0.15) is 12.3 Å². The van der Waals surface area contributed by atoms with Gasteiger partial charge in [0.25, 0.3) is 0 Å². The second kappa shape index (κ2) is 17.6. The molecule has 0 radical (unpaired) electrons. The molecule has 2 aliphatic rings. The van der Waals surface area contributed by atoms with Crippen LogP contribution in [0.1, 0.15) is 146 Å². The Morgan fingerprint density at radius 2 is 1.35 bits per heavy atom. The molecule has 0 spiro atoms. The second-order valence-corrected chi connectivity index (χ2v) is 14.2. The van der Waals surface area contributed by atoms with E-state index in [4.69, 9.17) is 0 Å². The Morgan fingerprint density at radius 1 is 0.792 bits per heavy atom. The summed E-state index contributed by atoms with van der Waals surface area (Å²) in [4.78, 5) is 27.9. The number of carboxylic acid groups (broad SMARTS) is 1. The largest absolute Gasteiger partial charge is 0.506 e. The Kier molecular flexibility index (Phi) is 13.7. The van der Waals surface area contributed by atoms with Gasteiger partial charge < -0.3 is 15.1 Å². The van der Waals surface area contributed by atoms with Crippen LogP contribution < -0.4 is 4.90 Å². The van der Waals surface area contributed by atoms with Crippen LogP contribution in [0, 0.1) is 0 Å². The maximum Gasteiger partial charge on any atom is 0.335 e. The lowest BCUT2D eigenvalue weighted by Crippen LogP contribution is -2.31. The molecule has 0 bridgehead atoms. The number of Topliss-reactive ketones (excluding diaryl/α,β-unsaturated/α-hetero) is 1. The molecule has 0 unspecified atom stereocenters. The molecular weight excluding hydrogens is 596 g/mol. The van der Waals surface area contributed by atoms with Crippen molar-refractivity contribution in [3.05, 3.63) is 76.6 Å². The number of aromatic carboxylic acids is 1. The SMILES string of the molecule is CCCCCCCCCCCC[N+]1=C(/C=C2\C(=O)C(c3ccc(N(CCCC)CCCC)cc3)=C2O)C(C)(C)c2cc(C(=O)O)ccc21. The highest BCUT2D eigenvalue weighted by atomic mass is 16.4. The van der Waals surface area contributed by atoms with E-state index in [-0.39, 0.29) is 17.1 Å². The summed E-state index contributed by atoms with van der Waals surface area (Å²) in [5, 5.41) is 21.0. The van der Waals surface area contributed by atoms with Crippen molar-refractivity contribution < 1.29 is 24.4 Å². The number of fused-ring (bicyclic) bond motifs is 1. The van der Waals surface area contributed by atoms with E-state index in [1.807, 2.05) is 24.3 Å². The Morgan fingerprint density at radius 3 is 1.90 bits per heavy atom. The molecule has 2 aromatic rings. The van der Waals surface area contributed by atoms with Crippen LogP contribution in [0.25, 0.3) is 5.57 Å². The summed E-state index contributed by atoms with van der Waals surface area (Å²) in [6.45, 7) is 13.6. The first-order chi connectivity index (χ1) is 23.1. The van der Waals surface area contributed by atoms with Gasteiger partial charge >= 0.3 is 5.97 Å². The van der Waals surface area contributed by atoms with Gasteiger partial charge in [0.15, 0.2) is 5.71 Å². The molecule has 1 aliphatic carbocycles. The molecule has 6 nitrogen and oxygen atoms in total. The average molecular weight is 656 g/mol. The normalized spacial score (nSPS) is 16.1. The van der Waals surface area contributed by atoms with Gasteiger partial charge in [-0.2, -0.15) is 4.58 Å². The van der Waals surface area contributed by atoms with Crippen molar-refractivity contribution in [3.63, 3.8) is 0 Å². The van der Waals surface area contributed by atoms with Crippen LogP contribution in [0.3, 0.4) is 0 Å². The second-order valence-electron chi connectivity index (χ2n) is 14.2. The minimum Gasteiger partial charge on any atom is -0.506 e. The van der Waals surface area contributed by atoms with Crippen LogP contribution in [-0.4, -0.2) is 51.9 Å². The van der Waals surface area contributed by atoms with Crippen LogP contribution in [0.2, 0.25) is 0 Å². The third kappa shape index (κ3) is 8.67. The number of benzene rings is 2. The molecule has 0 amide bonds. The monoisotopic (exact) mass is 655 g/mol. The number of unbranched alkanes of at least 4 members (excludes halogenated alkanes) is 11.